The van der Waals surface area contributed by atoms with Gasteiger partial charge in [-0.25, -0.2) is 4.79 Å². The first-order valence-corrected chi connectivity index (χ1v) is 12.7. The summed E-state index contributed by atoms with van der Waals surface area (Å²) in [6, 6.07) is 22.0. The van der Waals surface area contributed by atoms with Crippen molar-refractivity contribution in [2.45, 2.75) is 31.9 Å². The van der Waals surface area contributed by atoms with Gasteiger partial charge in [0.2, 0.25) is 0 Å². The Kier molecular flexibility index (Phi) is 6.14. The van der Waals surface area contributed by atoms with Crippen LogP contribution < -0.4 is 10.4 Å². The molecule has 0 atom stereocenters. The molecule has 7 nitrogen and oxygen atoms in total. The molecule has 1 saturated heterocycles. The average Bonchev–Trinajstić information content (AvgIpc) is 3.15. The lowest BCUT2D eigenvalue weighted by molar-refractivity contribution is -0.136. The minimum absolute atomic E-state index is 0.0249. The molecule has 2 aliphatic heterocycles. The van der Waals surface area contributed by atoms with E-state index in [0.29, 0.717) is 6.61 Å². The van der Waals surface area contributed by atoms with Crippen LogP contribution in [0, 0.1) is 0 Å². The predicted molar refractivity (Wildman–Crippen MR) is 143 cm³/mol. The SMILES string of the molecule is O=C(O)Cc1ccc2c(c1)/C(=C/CN1CCC(n3c(=O)[nH]c4ccccc43)CC1)c1ccccc1CO2. The molecule has 0 bridgehead atoms. The van der Waals surface area contributed by atoms with Crippen molar-refractivity contribution in [1.82, 2.24) is 14.5 Å². The molecule has 0 unspecified atom stereocenters. The number of carbonyl (C=O) groups is 1. The number of aromatic amines is 1. The molecule has 2 aliphatic rings. The molecule has 2 N–H and O–H groups in total. The first kappa shape index (κ1) is 23.3. The predicted octanol–water partition coefficient (Wildman–Crippen LogP) is 4.62. The van der Waals surface area contributed by atoms with Gasteiger partial charge in [0.15, 0.2) is 0 Å². The molecular formula is C30H29N3O4. The first-order chi connectivity index (χ1) is 18.1. The van der Waals surface area contributed by atoms with Crippen molar-refractivity contribution >= 4 is 22.6 Å². The van der Waals surface area contributed by atoms with E-state index in [-0.39, 0.29) is 18.2 Å². The van der Waals surface area contributed by atoms with Gasteiger partial charge in [-0.3, -0.25) is 14.3 Å². The summed E-state index contributed by atoms with van der Waals surface area (Å²) in [4.78, 5) is 29.4. The van der Waals surface area contributed by atoms with Crippen molar-refractivity contribution in [3.05, 3.63) is 106 Å². The summed E-state index contributed by atoms with van der Waals surface area (Å²) >= 11 is 0. The van der Waals surface area contributed by atoms with E-state index in [9.17, 15) is 14.7 Å². The summed E-state index contributed by atoms with van der Waals surface area (Å²) in [5.74, 6) is -0.0772. The lowest BCUT2D eigenvalue weighted by Gasteiger charge is -2.32. The number of piperidine rings is 1. The van der Waals surface area contributed by atoms with Gasteiger partial charge in [-0.15, -0.1) is 0 Å². The molecule has 0 radical (unpaired) electrons. The van der Waals surface area contributed by atoms with Crippen LogP contribution in [0.3, 0.4) is 0 Å². The maximum Gasteiger partial charge on any atom is 0.326 e. The highest BCUT2D eigenvalue weighted by Gasteiger charge is 2.24. The third-order valence-corrected chi connectivity index (χ3v) is 7.48. The van der Waals surface area contributed by atoms with E-state index < -0.39 is 5.97 Å². The largest absolute Gasteiger partial charge is 0.488 e. The van der Waals surface area contributed by atoms with Gasteiger partial charge in [-0.2, -0.15) is 0 Å². The zero-order chi connectivity index (χ0) is 25.4. The van der Waals surface area contributed by atoms with Crippen molar-refractivity contribution in [3.63, 3.8) is 0 Å². The summed E-state index contributed by atoms with van der Waals surface area (Å²) in [5.41, 5.74) is 6.81. The molecule has 3 heterocycles. The number of para-hydroxylation sites is 2. The Morgan fingerprint density at radius 1 is 1.03 bits per heavy atom. The van der Waals surface area contributed by atoms with Crippen molar-refractivity contribution in [2.75, 3.05) is 19.6 Å². The number of nitrogens with one attached hydrogen (secondary N) is 1. The molecule has 0 spiro atoms. The van der Waals surface area contributed by atoms with Gasteiger partial charge in [0.05, 0.1) is 17.5 Å². The van der Waals surface area contributed by atoms with Crippen LogP contribution in [0.4, 0.5) is 0 Å². The fraction of sp³-hybridized carbons (Fsp3) is 0.267. The summed E-state index contributed by atoms with van der Waals surface area (Å²) in [6.45, 7) is 3.03. The number of ether oxygens (including phenoxy) is 1. The maximum atomic E-state index is 12.6. The van der Waals surface area contributed by atoms with E-state index in [1.54, 1.807) is 0 Å². The van der Waals surface area contributed by atoms with Gasteiger partial charge in [0.1, 0.15) is 12.4 Å². The topological polar surface area (TPSA) is 87.6 Å². The first-order valence-electron chi connectivity index (χ1n) is 12.7. The Morgan fingerprint density at radius 3 is 2.65 bits per heavy atom. The fourth-order valence-electron chi connectivity index (χ4n) is 5.64. The fourth-order valence-corrected chi connectivity index (χ4v) is 5.64. The van der Waals surface area contributed by atoms with E-state index in [1.807, 2.05) is 59.2 Å². The highest BCUT2D eigenvalue weighted by atomic mass is 16.5. The number of nitrogens with zero attached hydrogens (tertiary/aromatic N) is 2. The molecule has 1 fully saturated rings. The van der Waals surface area contributed by atoms with Gasteiger partial charge in [0.25, 0.3) is 0 Å². The zero-order valence-corrected chi connectivity index (χ0v) is 20.5. The van der Waals surface area contributed by atoms with Crippen molar-refractivity contribution in [3.8, 4) is 5.75 Å². The van der Waals surface area contributed by atoms with Crippen LogP contribution in [0.1, 0.15) is 41.1 Å². The maximum absolute atomic E-state index is 12.6. The number of rotatable bonds is 5. The van der Waals surface area contributed by atoms with Crippen LogP contribution in [-0.2, 0) is 17.8 Å². The molecular weight excluding hydrogens is 466 g/mol. The van der Waals surface area contributed by atoms with Crippen molar-refractivity contribution in [2.24, 2.45) is 0 Å². The van der Waals surface area contributed by atoms with E-state index in [0.717, 1.165) is 77.1 Å². The molecule has 0 aliphatic carbocycles. The highest BCUT2D eigenvalue weighted by molar-refractivity contribution is 5.86. The number of aromatic nitrogens is 2. The number of fused-ring (bicyclic) bond motifs is 3. The van der Waals surface area contributed by atoms with Crippen molar-refractivity contribution < 1.29 is 14.6 Å². The minimum atomic E-state index is -0.849. The number of imidazole rings is 1. The molecule has 3 aromatic carbocycles. The van der Waals surface area contributed by atoms with E-state index in [2.05, 4.69) is 28.1 Å². The zero-order valence-electron chi connectivity index (χ0n) is 20.5. The van der Waals surface area contributed by atoms with Crippen LogP contribution in [0.2, 0.25) is 0 Å². The lowest BCUT2D eigenvalue weighted by atomic mass is 9.92. The van der Waals surface area contributed by atoms with Crippen LogP contribution in [0.25, 0.3) is 16.6 Å². The van der Waals surface area contributed by atoms with Crippen LogP contribution >= 0.6 is 0 Å². The van der Waals surface area contributed by atoms with Gasteiger partial charge in [-0.05, 0) is 59.4 Å². The van der Waals surface area contributed by atoms with Crippen LogP contribution in [0.15, 0.2) is 77.6 Å². The van der Waals surface area contributed by atoms with Gasteiger partial charge >= 0.3 is 11.7 Å². The lowest BCUT2D eigenvalue weighted by Crippen LogP contribution is -2.37. The number of benzene rings is 3. The third kappa shape index (κ3) is 4.58. The Morgan fingerprint density at radius 2 is 1.81 bits per heavy atom. The number of aliphatic carboxylic acids is 1. The second-order valence-electron chi connectivity index (χ2n) is 9.81. The van der Waals surface area contributed by atoms with Gasteiger partial charge in [-0.1, -0.05) is 48.5 Å². The molecule has 37 heavy (non-hydrogen) atoms. The summed E-state index contributed by atoms with van der Waals surface area (Å²) in [7, 11) is 0. The molecule has 0 amide bonds. The number of likely N-dealkylation sites (tertiary alicyclic amines) is 1. The molecule has 1 aromatic heterocycles. The van der Waals surface area contributed by atoms with Crippen LogP contribution in [-0.4, -0.2) is 45.2 Å². The molecule has 0 saturated carbocycles. The van der Waals surface area contributed by atoms with E-state index in [4.69, 9.17) is 4.74 Å². The number of carboxylic acids is 1. The highest BCUT2D eigenvalue weighted by Crippen LogP contribution is 2.37. The number of carboxylic acid groups (broad SMARTS) is 1. The molecule has 7 heteroatoms. The summed E-state index contributed by atoms with van der Waals surface area (Å²) < 4.78 is 8.04. The molecule has 6 rings (SSSR count). The monoisotopic (exact) mass is 495 g/mol. The number of hydrogen-bond donors (Lipinski definition) is 2. The van der Waals surface area contributed by atoms with E-state index in [1.165, 1.54) is 0 Å². The summed E-state index contributed by atoms with van der Waals surface area (Å²) in [5, 5.41) is 9.31. The van der Waals surface area contributed by atoms with Crippen molar-refractivity contribution in [1.29, 1.82) is 0 Å². The van der Waals surface area contributed by atoms with Gasteiger partial charge < -0.3 is 14.8 Å². The Balaban J connectivity index is 1.26. The quantitative estimate of drug-likeness (QED) is 0.422. The smallest absolute Gasteiger partial charge is 0.326 e. The third-order valence-electron chi connectivity index (χ3n) is 7.48. The number of H-pyrrole nitrogens is 1. The van der Waals surface area contributed by atoms with Crippen LogP contribution in [0.5, 0.6) is 5.75 Å². The molecule has 188 valence electrons. The Labute approximate surface area is 214 Å². The Hall–Kier alpha value is -4.10. The number of hydrogen-bond acceptors (Lipinski definition) is 4. The molecule has 4 aromatic rings. The second kappa shape index (κ2) is 9.75. The normalized spacial score (nSPS) is 17.2. The Bertz CT molecular complexity index is 1560. The summed E-state index contributed by atoms with van der Waals surface area (Å²) in [6.07, 6.45) is 4.03. The second-order valence-corrected chi connectivity index (χ2v) is 9.81. The minimum Gasteiger partial charge on any atom is -0.488 e. The van der Waals surface area contributed by atoms with Gasteiger partial charge in [0, 0.05) is 31.2 Å². The standard InChI is InChI=1S/C30H29N3O4/c34-29(35)18-20-9-10-28-25(17-20)24(23-6-2-1-5-21(23)19-37-28)13-16-32-14-11-22(12-15-32)33-27-8-4-3-7-26(27)31-30(33)36/h1-10,13,17,22H,11-12,14-16,18-19H2,(H,31,36)(H,34,35)/b24-13+. The van der Waals surface area contributed by atoms with E-state index >= 15 is 0 Å². The average molecular weight is 496 g/mol.